The summed E-state index contributed by atoms with van der Waals surface area (Å²) in [6, 6.07) is 6.56. The van der Waals surface area contributed by atoms with Crippen molar-refractivity contribution in [3.63, 3.8) is 0 Å². The van der Waals surface area contributed by atoms with Gasteiger partial charge in [-0.3, -0.25) is 10.00 Å². The van der Waals surface area contributed by atoms with Crippen LogP contribution in [0.3, 0.4) is 0 Å². The van der Waals surface area contributed by atoms with Crippen LogP contribution in [0.1, 0.15) is 35.2 Å². The predicted octanol–water partition coefficient (Wildman–Crippen LogP) is 2.09. The third-order valence-electron chi connectivity index (χ3n) is 4.15. The van der Waals surface area contributed by atoms with Gasteiger partial charge in [-0.2, -0.15) is 10.4 Å². The van der Waals surface area contributed by atoms with E-state index in [-0.39, 0.29) is 17.7 Å². The van der Waals surface area contributed by atoms with Crippen molar-refractivity contribution >= 4 is 0 Å². The molecular formula is C16H18FN5O. The van der Waals surface area contributed by atoms with Crippen LogP contribution in [0.5, 0.6) is 0 Å². The zero-order valence-electron chi connectivity index (χ0n) is 13.1. The average Bonchev–Trinajstić information content (AvgIpc) is 3.15. The van der Waals surface area contributed by atoms with E-state index in [1.54, 1.807) is 19.2 Å². The summed E-state index contributed by atoms with van der Waals surface area (Å²) in [5.41, 5.74) is 0.951. The highest BCUT2D eigenvalue weighted by Gasteiger charge is 2.35. The van der Waals surface area contributed by atoms with Crippen LogP contribution in [0.2, 0.25) is 0 Å². The Morgan fingerprint density at radius 2 is 2.35 bits per heavy atom. The van der Waals surface area contributed by atoms with E-state index in [0.29, 0.717) is 6.54 Å². The number of hydrogen-bond acceptors (Lipinski definition) is 5. The van der Waals surface area contributed by atoms with E-state index in [2.05, 4.69) is 20.1 Å². The standard InChI is InChI=1S/C16H18FN5O/c1-10-19-16(21-20-10)15-6-13(23-2)9-22(15)8-11-3-4-14(17)12(5-11)7-18/h3-5,13,15H,6,8-9H2,1-2H3,(H,19,20,21)/t13-,15+/m1/s1. The van der Waals surface area contributed by atoms with Gasteiger partial charge in [0.25, 0.3) is 0 Å². The van der Waals surface area contributed by atoms with E-state index >= 15 is 0 Å². The molecule has 2 aromatic rings. The maximum atomic E-state index is 13.5. The first kappa shape index (κ1) is 15.6. The van der Waals surface area contributed by atoms with E-state index in [4.69, 9.17) is 10.00 Å². The van der Waals surface area contributed by atoms with Crippen LogP contribution in [-0.2, 0) is 11.3 Å². The Bertz CT molecular complexity index is 738. The SMILES string of the molecule is CO[C@@H]1C[C@@H](c2n[nH]c(C)n2)N(Cc2ccc(F)c(C#N)c2)C1. The van der Waals surface area contributed by atoms with E-state index in [1.165, 1.54) is 6.07 Å². The second-order valence-electron chi connectivity index (χ2n) is 5.74. The van der Waals surface area contributed by atoms with Crippen molar-refractivity contribution in [2.75, 3.05) is 13.7 Å². The van der Waals surface area contributed by atoms with Gasteiger partial charge in [-0.1, -0.05) is 6.07 Å². The molecule has 0 amide bonds. The number of aryl methyl sites for hydroxylation is 1. The Morgan fingerprint density at radius 1 is 1.52 bits per heavy atom. The van der Waals surface area contributed by atoms with Crippen LogP contribution < -0.4 is 0 Å². The number of methoxy groups -OCH3 is 1. The smallest absolute Gasteiger partial charge is 0.167 e. The summed E-state index contributed by atoms with van der Waals surface area (Å²) in [5.74, 6) is 1.02. The first-order chi connectivity index (χ1) is 11.1. The minimum Gasteiger partial charge on any atom is -0.380 e. The lowest BCUT2D eigenvalue weighted by Crippen LogP contribution is -2.25. The van der Waals surface area contributed by atoms with Gasteiger partial charge in [-0.15, -0.1) is 0 Å². The summed E-state index contributed by atoms with van der Waals surface area (Å²) in [5, 5.41) is 16.1. The van der Waals surface area contributed by atoms with E-state index in [9.17, 15) is 4.39 Å². The monoisotopic (exact) mass is 315 g/mol. The molecule has 1 N–H and O–H groups in total. The normalized spacial score (nSPS) is 21.5. The molecular weight excluding hydrogens is 297 g/mol. The number of aromatic nitrogens is 3. The molecule has 120 valence electrons. The van der Waals surface area contributed by atoms with Crippen molar-refractivity contribution < 1.29 is 9.13 Å². The number of halogens is 1. The fourth-order valence-electron chi connectivity index (χ4n) is 2.98. The number of nitrogens with zero attached hydrogens (tertiary/aromatic N) is 4. The largest absolute Gasteiger partial charge is 0.380 e. The quantitative estimate of drug-likeness (QED) is 0.934. The summed E-state index contributed by atoms with van der Waals surface area (Å²) in [6.45, 7) is 3.20. The van der Waals surface area contributed by atoms with Crippen LogP contribution >= 0.6 is 0 Å². The molecule has 23 heavy (non-hydrogen) atoms. The molecule has 2 heterocycles. The van der Waals surface area contributed by atoms with Crippen LogP contribution in [0, 0.1) is 24.1 Å². The number of likely N-dealkylation sites (tertiary alicyclic amines) is 1. The fourth-order valence-corrected chi connectivity index (χ4v) is 2.98. The van der Waals surface area contributed by atoms with Crippen LogP contribution in [-0.4, -0.2) is 39.8 Å². The van der Waals surface area contributed by atoms with Crippen molar-refractivity contribution in [3.05, 3.63) is 46.8 Å². The van der Waals surface area contributed by atoms with Gasteiger partial charge in [0, 0.05) is 20.2 Å². The third kappa shape index (κ3) is 3.23. The molecule has 0 unspecified atom stereocenters. The molecule has 0 saturated carbocycles. The highest BCUT2D eigenvalue weighted by atomic mass is 19.1. The van der Waals surface area contributed by atoms with Crippen LogP contribution in [0.4, 0.5) is 4.39 Å². The molecule has 0 spiro atoms. The van der Waals surface area contributed by atoms with Gasteiger partial charge in [0.1, 0.15) is 17.7 Å². The number of aromatic amines is 1. The molecule has 1 aliphatic heterocycles. The zero-order chi connectivity index (χ0) is 16.4. The Morgan fingerprint density at radius 3 is 3.00 bits per heavy atom. The minimum absolute atomic E-state index is 0.0421. The predicted molar refractivity (Wildman–Crippen MR) is 80.8 cm³/mol. The maximum Gasteiger partial charge on any atom is 0.167 e. The molecule has 3 rings (SSSR count). The Labute approximate surface area is 133 Å². The number of nitriles is 1. The number of ether oxygens (including phenoxy) is 1. The molecule has 1 fully saturated rings. The summed E-state index contributed by atoms with van der Waals surface area (Å²) >= 11 is 0. The van der Waals surface area contributed by atoms with Gasteiger partial charge in [0.2, 0.25) is 0 Å². The van der Waals surface area contributed by atoms with Gasteiger partial charge in [0.05, 0.1) is 17.7 Å². The van der Waals surface area contributed by atoms with Crippen LogP contribution in [0.25, 0.3) is 0 Å². The average molecular weight is 315 g/mol. The first-order valence-corrected chi connectivity index (χ1v) is 7.45. The second-order valence-corrected chi connectivity index (χ2v) is 5.74. The lowest BCUT2D eigenvalue weighted by molar-refractivity contribution is 0.107. The highest BCUT2D eigenvalue weighted by Crippen LogP contribution is 2.32. The van der Waals surface area contributed by atoms with Gasteiger partial charge < -0.3 is 4.74 Å². The first-order valence-electron chi connectivity index (χ1n) is 7.45. The van der Waals surface area contributed by atoms with Crippen molar-refractivity contribution in [1.82, 2.24) is 20.1 Å². The molecule has 2 atom stereocenters. The Balaban J connectivity index is 1.83. The molecule has 1 saturated heterocycles. The van der Waals surface area contributed by atoms with Gasteiger partial charge in [0.15, 0.2) is 5.82 Å². The maximum absolute atomic E-state index is 13.5. The minimum atomic E-state index is -0.492. The van der Waals surface area contributed by atoms with E-state index in [1.807, 2.05) is 13.0 Å². The van der Waals surface area contributed by atoms with Crippen molar-refractivity contribution in [2.45, 2.75) is 32.0 Å². The number of nitrogens with one attached hydrogen (secondary N) is 1. The lowest BCUT2D eigenvalue weighted by atomic mass is 10.1. The number of benzene rings is 1. The third-order valence-corrected chi connectivity index (χ3v) is 4.15. The molecule has 0 radical (unpaired) electrons. The molecule has 6 nitrogen and oxygen atoms in total. The van der Waals surface area contributed by atoms with Gasteiger partial charge >= 0.3 is 0 Å². The molecule has 1 aromatic carbocycles. The molecule has 1 aliphatic rings. The summed E-state index contributed by atoms with van der Waals surface area (Å²) in [7, 11) is 1.69. The summed E-state index contributed by atoms with van der Waals surface area (Å²) in [4.78, 5) is 6.62. The number of hydrogen-bond donors (Lipinski definition) is 1. The van der Waals surface area contributed by atoms with Gasteiger partial charge in [-0.05, 0) is 31.0 Å². The Kier molecular flexibility index (Phi) is 4.37. The summed E-state index contributed by atoms with van der Waals surface area (Å²) < 4.78 is 18.9. The van der Waals surface area contributed by atoms with Crippen molar-refractivity contribution in [2.24, 2.45) is 0 Å². The van der Waals surface area contributed by atoms with Crippen molar-refractivity contribution in [3.8, 4) is 6.07 Å². The van der Waals surface area contributed by atoms with Crippen LogP contribution in [0.15, 0.2) is 18.2 Å². The van der Waals surface area contributed by atoms with Crippen molar-refractivity contribution in [1.29, 1.82) is 5.26 Å². The topological polar surface area (TPSA) is 77.8 Å². The highest BCUT2D eigenvalue weighted by molar-refractivity contribution is 5.34. The number of H-pyrrole nitrogens is 1. The van der Waals surface area contributed by atoms with E-state index in [0.717, 1.165) is 30.2 Å². The molecule has 0 bridgehead atoms. The lowest BCUT2D eigenvalue weighted by Gasteiger charge is -2.22. The summed E-state index contributed by atoms with van der Waals surface area (Å²) in [6.07, 6.45) is 0.912. The molecule has 0 aliphatic carbocycles. The molecule has 1 aromatic heterocycles. The van der Waals surface area contributed by atoms with Gasteiger partial charge in [-0.25, -0.2) is 9.37 Å². The number of rotatable bonds is 4. The Hall–Kier alpha value is -2.30. The second kappa shape index (κ2) is 6.44. The van der Waals surface area contributed by atoms with E-state index < -0.39 is 5.82 Å². The fraction of sp³-hybridized carbons (Fsp3) is 0.438. The zero-order valence-corrected chi connectivity index (χ0v) is 13.1. The molecule has 7 heteroatoms.